The molecule has 0 spiro atoms. The van der Waals surface area contributed by atoms with Crippen molar-refractivity contribution in [2.24, 2.45) is 5.92 Å². The summed E-state index contributed by atoms with van der Waals surface area (Å²) in [6.07, 6.45) is 8.24. The maximum atomic E-state index is 6.46. The lowest BCUT2D eigenvalue weighted by Gasteiger charge is -2.23. The Morgan fingerprint density at radius 2 is 2.07 bits per heavy atom. The molecule has 1 aromatic heterocycles. The maximum Gasteiger partial charge on any atom is 0.0681 e. The van der Waals surface area contributed by atoms with Gasteiger partial charge in [-0.3, -0.25) is 0 Å². The molecule has 15 heavy (non-hydrogen) atoms. The third-order valence-electron chi connectivity index (χ3n) is 3.33. The molecular weight excluding hydrogens is 224 g/mol. The van der Waals surface area contributed by atoms with Crippen LogP contribution in [0.2, 0.25) is 0 Å². The zero-order chi connectivity index (χ0) is 10.7. The highest BCUT2D eigenvalue weighted by Gasteiger charge is 2.19. The van der Waals surface area contributed by atoms with E-state index in [9.17, 15) is 0 Å². The van der Waals surface area contributed by atoms with Crippen LogP contribution in [-0.4, -0.2) is 0 Å². The highest BCUT2D eigenvalue weighted by Crippen LogP contribution is 2.37. The minimum Gasteiger partial charge on any atom is -0.144 e. The minimum absolute atomic E-state index is 0.256. The summed E-state index contributed by atoms with van der Waals surface area (Å²) >= 11 is 8.32. The van der Waals surface area contributed by atoms with Crippen LogP contribution in [-0.2, 0) is 0 Å². The van der Waals surface area contributed by atoms with Crippen LogP contribution in [0.4, 0.5) is 0 Å². The molecule has 1 fully saturated rings. The van der Waals surface area contributed by atoms with Crippen molar-refractivity contribution < 1.29 is 0 Å². The van der Waals surface area contributed by atoms with Crippen molar-refractivity contribution in [2.75, 3.05) is 0 Å². The summed E-state index contributed by atoms with van der Waals surface area (Å²) in [5, 5.41) is 0.256. The van der Waals surface area contributed by atoms with Crippen molar-refractivity contribution in [3.63, 3.8) is 0 Å². The van der Waals surface area contributed by atoms with Crippen LogP contribution in [0.3, 0.4) is 0 Å². The molecular formula is C13H19ClS. The number of thiophene rings is 1. The zero-order valence-corrected chi connectivity index (χ0v) is 10.9. The predicted molar refractivity (Wildman–Crippen MR) is 68.8 cm³/mol. The smallest absolute Gasteiger partial charge is 0.0681 e. The van der Waals surface area contributed by atoms with Gasteiger partial charge in [-0.1, -0.05) is 32.1 Å². The van der Waals surface area contributed by atoms with Gasteiger partial charge < -0.3 is 0 Å². The average Bonchev–Trinajstić information content (AvgIpc) is 2.66. The Labute approximate surface area is 102 Å². The minimum atomic E-state index is 0.256. The second-order valence-corrected chi connectivity index (χ2v) is 6.50. The fourth-order valence-electron chi connectivity index (χ4n) is 2.45. The van der Waals surface area contributed by atoms with Gasteiger partial charge in [-0.05, 0) is 31.4 Å². The lowest BCUT2D eigenvalue weighted by Crippen LogP contribution is -2.08. The molecule has 1 atom stereocenters. The van der Waals surface area contributed by atoms with E-state index < -0.39 is 0 Å². The van der Waals surface area contributed by atoms with E-state index in [4.69, 9.17) is 11.6 Å². The fourth-order valence-corrected chi connectivity index (χ4v) is 3.78. The van der Waals surface area contributed by atoms with Crippen LogP contribution < -0.4 is 0 Å². The van der Waals surface area contributed by atoms with E-state index in [-0.39, 0.29) is 5.38 Å². The van der Waals surface area contributed by atoms with Crippen molar-refractivity contribution in [3.8, 4) is 0 Å². The van der Waals surface area contributed by atoms with Gasteiger partial charge in [0.05, 0.1) is 5.38 Å². The summed E-state index contributed by atoms with van der Waals surface area (Å²) in [4.78, 5) is 2.74. The van der Waals surface area contributed by atoms with Gasteiger partial charge in [0, 0.05) is 9.75 Å². The Balaban J connectivity index is 1.88. The van der Waals surface area contributed by atoms with E-state index in [2.05, 4.69) is 19.1 Å². The van der Waals surface area contributed by atoms with Gasteiger partial charge in [0.2, 0.25) is 0 Å². The molecule has 0 bridgehead atoms. The summed E-state index contributed by atoms with van der Waals surface area (Å²) in [6.45, 7) is 2.15. The molecule has 1 unspecified atom stereocenters. The molecule has 2 rings (SSSR count). The van der Waals surface area contributed by atoms with Gasteiger partial charge in [-0.2, -0.15) is 0 Å². The van der Waals surface area contributed by atoms with Crippen LogP contribution in [0.1, 0.15) is 53.7 Å². The number of aryl methyl sites for hydroxylation is 1. The van der Waals surface area contributed by atoms with Crippen molar-refractivity contribution in [1.82, 2.24) is 0 Å². The highest BCUT2D eigenvalue weighted by molar-refractivity contribution is 7.12. The zero-order valence-electron chi connectivity index (χ0n) is 9.34. The third kappa shape index (κ3) is 3.22. The molecule has 0 aromatic carbocycles. The number of halogens is 1. The maximum absolute atomic E-state index is 6.46. The van der Waals surface area contributed by atoms with Crippen LogP contribution in [0, 0.1) is 12.8 Å². The molecule has 0 nitrogen and oxygen atoms in total. The lowest BCUT2D eigenvalue weighted by molar-refractivity contribution is 0.337. The Kier molecular flexibility index (Phi) is 4.10. The summed E-state index contributed by atoms with van der Waals surface area (Å²) < 4.78 is 0. The van der Waals surface area contributed by atoms with Crippen molar-refractivity contribution in [2.45, 2.75) is 50.8 Å². The van der Waals surface area contributed by atoms with E-state index in [1.807, 2.05) is 11.3 Å². The predicted octanol–water partition coefficient (Wildman–Crippen LogP) is 5.31. The summed E-state index contributed by atoms with van der Waals surface area (Å²) in [7, 11) is 0. The first kappa shape index (κ1) is 11.5. The molecule has 0 aliphatic heterocycles. The van der Waals surface area contributed by atoms with E-state index in [1.165, 1.54) is 48.3 Å². The molecule has 0 radical (unpaired) electrons. The molecule has 0 amide bonds. The molecule has 1 aromatic rings. The standard InChI is InChI=1S/C13H19ClS/c1-10-7-8-13(15-10)12(14)9-11-5-3-2-4-6-11/h7-8,11-12H,2-6,9H2,1H3. The molecule has 1 saturated carbocycles. The number of hydrogen-bond donors (Lipinski definition) is 0. The van der Waals surface area contributed by atoms with Gasteiger partial charge in [0.25, 0.3) is 0 Å². The molecule has 0 N–H and O–H groups in total. The molecule has 1 aliphatic rings. The van der Waals surface area contributed by atoms with E-state index >= 15 is 0 Å². The first-order valence-electron chi connectivity index (χ1n) is 5.96. The molecule has 1 aliphatic carbocycles. The van der Waals surface area contributed by atoms with Crippen molar-refractivity contribution in [3.05, 3.63) is 21.9 Å². The second kappa shape index (κ2) is 5.36. The summed E-state index contributed by atoms with van der Waals surface area (Å²) in [6, 6.07) is 4.37. The second-order valence-electron chi connectivity index (χ2n) is 4.66. The van der Waals surface area contributed by atoms with Crippen molar-refractivity contribution in [1.29, 1.82) is 0 Å². The summed E-state index contributed by atoms with van der Waals surface area (Å²) in [5.74, 6) is 0.878. The highest BCUT2D eigenvalue weighted by atomic mass is 35.5. The average molecular weight is 243 g/mol. The number of alkyl halides is 1. The fraction of sp³-hybridized carbons (Fsp3) is 0.692. The van der Waals surface area contributed by atoms with Gasteiger partial charge in [-0.15, -0.1) is 22.9 Å². The Hall–Kier alpha value is -0.0100. The first-order chi connectivity index (χ1) is 7.25. The van der Waals surface area contributed by atoms with Gasteiger partial charge in [0.15, 0.2) is 0 Å². The molecule has 2 heteroatoms. The topological polar surface area (TPSA) is 0 Å². The van der Waals surface area contributed by atoms with Gasteiger partial charge >= 0.3 is 0 Å². The Morgan fingerprint density at radius 1 is 1.33 bits per heavy atom. The van der Waals surface area contributed by atoms with Gasteiger partial charge in [-0.25, -0.2) is 0 Å². The molecule has 0 saturated heterocycles. The van der Waals surface area contributed by atoms with Gasteiger partial charge in [0.1, 0.15) is 0 Å². The van der Waals surface area contributed by atoms with Crippen LogP contribution in [0.15, 0.2) is 12.1 Å². The van der Waals surface area contributed by atoms with E-state index in [1.54, 1.807) is 0 Å². The normalized spacial score (nSPS) is 20.4. The van der Waals surface area contributed by atoms with Crippen LogP contribution >= 0.6 is 22.9 Å². The quantitative estimate of drug-likeness (QED) is 0.631. The SMILES string of the molecule is Cc1ccc(C(Cl)CC2CCCCC2)s1. The first-order valence-corrected chi connectivity index (χ1v) is 7.21. The summed E-state index contributed by atoms with van der Waals surface area (Å²) in [5.41, 5.74) is 0. The van der Waals surface area contributed by atoms with E-state index in [0.29, 0.717) is 0 Å². The Bertz CT molecular complexity index is 299. The molecule has 84 valence electrons. The van der Waals surface area contributed by atoms with Crippen LogP contribution in [0.25, 0.3) is 0 Å². The monoisotopic (exact) mass is 242 g/mol. The number of hydrogen-bond acceptors (Lipinski definition) is 1. The van der Waals surface area contributed by atoms with Crippen molar-refractivity contribution >= 4 is 22.9 Å². The molecule has 1 heterocycles. The van der Waals surface area contributed by atoms with E-state index in [0.717, 1.165) is 5.92 Å². The lowest BCUT2D eigenvalue weighted by atomic mass is 9.86. The largest absolute Gasteiger partial charge is 0.144 e. The third-order valence-corrected chi connectivity index (χ3v) is 4.99. The number of rotatable bonds is 3. The van der Waals surface area contributed by atoms with Crippen LogP contribution in [0.5, 0.6) is 0 Å². The Morgan fingerprint density at radius 3 is 2.67 bits per heavy atom.